The average Bonchev–Trinajstić information content (AvgIpc) is 2.32. The second-order valence-electron chi connectivity index (χ2n) is 2.75. The minimum Gasteiger partial charge on any atom is -0.387 e. The summed E-state index contributed by atoms with van der Waals surface area (Å²) in [6, 6.07) is 1.88. The fourth-order valence-electron chi connectivity index (χ4n) is 1.42. The zero-order valence-electron chi connectivity index (χ0n) is 5.92. The van der Waals surface area contributed by atoms with Crippen LogP contribution in [0.2, 0.25) is 5.02 Å². The number of aromatic nitrogens is 1. The first-order valence-electron chi connectivity index (χ1n) is 3.60. The Bertz CT molecular complexity index is 287. The van der Waals surface area contributed by atoms with Crippen LogP contribution in [-0.2, 0) is 6.42 Å². The molecule has 0 saturated carbocycles. The molecule has 2 rings (SSSR count). The van der Waals surface area contributed by atoms with Crippen LogP contribution in [0.25, 0.3) is 0 Å². The van der Waals surface area contributed by atoms with Gasteiger partial charge in [-0.15, -0.1) is 0 Å². The van der Waals surface area contributed by atoms with Crippen molar-refractivity contribution in [1.82, 2.24) is 4.98 Å². The quantitative estimate of drug-likeness (QED) is 0.642. The summed E-state index contributed by atoms with van der Waals surface area (Å²) in [6.45, 7) is 0. The minimum absolute atomic E-state index is 0.373. The molecule has 0 saturated heterocycles. The Hall–Kier alpha value is -0.600. The van der Waals surface area contributed by atoms with Crippen LogP contribution in [0.3, 0.4) is 0 Å². The molecule has 0 unspecified atom stereocenters. The van der Waals surface area contributed by atoms with Crippen LogP contribution in [0.4, 0.5) is 0 Å². The lowest BCUT2D eigenvalue weighted by Gasteiger charge is -2.00. The van der Waals surface area contributed by atoms with Gasteiger partial charge >= 0.3 is 0 Å². The van der Waals surface area contributed by atoms with Crippen molar-refractivity contribution in [3.05, 3.63) is 28.5 Å². The predicted molar refractivity (Wildman–Crippen MR) is 42.5 cm³/mol. The molecule has 1 aromatic rings. The van der Waals surface area contributed by atoms with E-state index in [2.05, 4.69) is 4.98 Å². The Labute approximate surface area is 69.8 Å². The van der Waals surface area contributed by atoms with Gasteiger partial charge in [0.15, 0.2) is 0 Å². The molecular formula is C8H8ClNO. The lowest BCUT2D eigenvalue weighted by Crippen LogP contribution is -1.93. The van der Waals surface area contributed by atoms with E-state index >= 15 is 0 Å². The van der Waals surface area contributed by atoms with Crippen LogP contribution >= 0.6 is 11.6 Å². The normalized spacial score (nSPS) is 21.8. The highest BCUT2D eigenvalue weighted by Crippen LogP contribution is 2.30. The summed E-state index contributed by atoms with van der Waals surface area (Å²) in [6.07, 6.45) is 2.88. The number of rotatable bonds is 0. The molecule has 0 aromatic carbocycles. The number of aliphatic hydroxyl groups is 1. The van der Waals surface area contributed by atoms with Crippen LogP contribution < -0.4 is 0 Å². The molecular weight excluding hydrogens is 162 g/mol. The van der Waals surface area contributed by atoms with Gasteiger partial charge in [-0.25, -0.2) is 0 Å². The number of hydrogen-bond donors (Lipinski definition) is 1. The zero-order valence-corrected chi connectivity index (χ0v) is 6.67. The summed E-state index contributed by atoms with van der Waals surface area (Å²) in [5, 5.41) is 10.0. The maximum atomic E-state index is 9.37. The molecule has 0 bridgehead atoms. The van der Waals surface area contributed by atoms with Gasteiger partial charge in [0.25, 0.3) is 0 Å². The Morgan fingerprint density at radius 2 is 2.45 bits per heavy atom. The average molecular weight is 170 g/mol. The molecule has 58 valence electrons. The maximum Gasteiger partial charge on any atom is 0.0965 e. The molecule has 1 aromatic heterocycles. The molecule has 3 heteroatoms. The van der Waals surface area contributed by atoms with Crippen LogP contribution in [-0.4, -0.2) is 10.1 Å². The molecule has 1 aliphatic carbocycles. The Morgan fingerprint density at radius 3 is 3.27 bits per heavy atom. The number of pyridine rings is 1. The zero-order chi connectivity index (χ0) is 7.84. The van der Waals surface area contributed by atoms with Crippen LogP contribution in [0, 0.1) is 0 Å². The van der Waals surface area contributed by atoms with Gasteiger partial charge < -0.3 is 5.11 Å². The third-order valence-corrected chi connectivity index (χ3v) is 2.18. The summed E-state index contributed by atoms with van der Waals surface area (Å²) in [5.74, 6) is 0. The van der Waals surface area contributed by atoms with E-state index in [1.165, 1.54) is 0 Å². The topological polar surface area (TPSA) is 33.1 Å². The lowest BCUT2D eigenvalue weighted by molar-refractivity contribution is 0.176. The molecule has 1 N–H and O–H groups in total. The SMILES string of the molecule is O[C@@H]1CCc2cc(Cl)cnc21. The fraction of sp³-hybridized carbons (Fsp3) is 0.375. The molecule has 11 heavy (non-hydrogen) atoms. The van der Waals surface area contributed by atoms with Gasteiger partial charge in [-0.05, 0) is 24.5 Å². The largest absolute Gasteiger partial charge is 0.387 e. The molecule has 0 radical (unpaired) electrons. The molecule has 1 atom stereocenters. The van der Waals surface area contributed by atoms with Gasteiger partial charge in [-0.2, -0.15) is 0 Å². The van der Waals surface area contributed by atoms with Crippen molar-refractivity contribution in [3.63, 3.8) is 0 Å². The highest BCUT2D eigenvalue weighted by molar-refractivity contribution is 6.30. The van der Waals surface area contributed by atoms with Crippen molar-refractivity contribution in [1.29, 1.82) is 0 Å². The van der Waals surface area contributed by atoms with Gasteiger partial charge in [-0.1, -0.05) is 11.6 Å². The molecule has 1 aliphatic rings. The first kappa shape index (κ1) is 7.07. The highest BCUT2D eigenvalue weighted by atomic mass is 35.5. The van der Waals surface area contributed by atoms with Crippen molar-refractivity contribution in [2.45, 2.75) is 18.9 Å². The Morgan fingerprint density at radius 1 is 1.64 bits per heavy atom. The van der Waals surface area contributed by atoms with Gasteiger partial charge in [0.1, 0.15) is 0 Å². The van der Waals surface area contributed by atoms with E-state index < -0.39 is 0 Å². The van der Waals surface area contributed by atoms with E-state index in [1.54, 1.807) is 6.20 Å². The Balaban J connectivity index is 2.50. The van der Waals surface area contributed by atoms with Crippen molar-refractivity contribution in [3.8, 4) is 0 Å². The summed E-state index contributed by atoms with van der Waals surface area (Å²) in [5.41, 5.74) is 1.89. The third kappa shape index (κ3) is 1.12. The lowest BCUT2D eigenvalue weighted by atomic mass is 10.2. The molecule has 0 aliphatic heterocycles. The van der Waals surface area contributed by atoms with E-state index in [4.69, 9.17) is 11.6 Å². The van der Waals surface area contributed by atoms with Gasteiger partial charge in [-0.3, -0.25) is 4.98 Å². The maximum absolute atomic E-state index is 9.37. The molecule has 0 spiro atoms. The number of fused-ring (bicyclic) bond motifs is 1. The van der Waals surface area contributed by atoms with Crippen LogP contribution in [0.5, 0.6) is 0 Å². The highest BCUT2D eigenvalue weighted by Gasteiger charge is 2.21. The summed E-state index contributed by atoms with van der Waals surface area (Å²) in [4.78, 5) is 4.06. The van der Waals surface area contributed by atoms with Crippen molar-refractivity contribution >= 4 is 11.6 Å². The second kappa shape index (κ2) is 2.47. The van der Waals surface area contributed by atoms with Crippen LogP contribution in [0.1, 0.15) is 23.8 Å². The summed E-state index contributed by atoms with van der Waals surface area (Å²) < 4.78 is 0. The van der Waals surface area contributed by atoms with E-state index in [0.717, 1.165) is 24.1 Å². The van der Waals surface area contributed by atoms with Gasteiger partial charge in [0.05, 0.1) is 16.8 Å². The summed E-state index contributed by atoms with van der Waals surface area (Å²) >= 11 is 5.73. The summed E-state index contributed by atoms with van der Waals surface area (Å²) in [7, 11) is 0. The van der Waals surface area contributed by atoms with Crippen LogP contribution in [0.15, 0.2) is 12.3 Å². The molecule has 0 amide bonds. The Kier molecular flexibility index (Phi) is 1.59. The predicted octanol–water partition coefficient (Wildman–Crippen LogP) is 1.71. The van der Waals surface area contributed by atoms with Crippen molar-refractivity contribution in [2.75, 3.05) is 0 Å². The third-order valence-electron chi connectivity index (χ3n) is 1.97. The fourth-order valence-corrected chi connectivity index (χ4v) is 1.60. The van der Waals surface area contributed by atoms with Crippen molar-refractivity contribution < 1.29 is 5.11 Å². The molecule has 0 fully saturated rings. The standard InChI is InChI=1S/C8H8ClNO/c9-6-3-5-1-2-7(11)8(5)10-4-6/h3-4,7,11H,1-2H2/t7-/m1/s1. The number of nitrogens with zero attached hydrogens (tertiary/aromatic N) is 1. The number of aryl methyl sites for hydroxylation is 1. The first-order valence-corrected chi connectivity index (χ1v) is 3.97. The van der Waals surface area contributed by atoms with E-state index in [0.29, 0.717) is 5.02 Å². The van der Waals surface area contributed by atoms with Crippen molar-refractivity contribution in [2.24, 2.45) is 0 Å². The minimum atomic E-state index is -0.373. The van der Waals surface area contributed by atoms with E-state index in [-0.39, 0.29) is 6.10 Å². The van der Waals surface area contributed by atoms with E-state index in [1.807, 2.05) is 6.07 Å². The smallest absolute Gasteiger partial charge is 0.0965 e. The number of aliphatic hydroxyl groups excluding tert-OH is 1. The number of hydrogen-bond acceptors (Lipinski definition) is 2. The first-order chi connectivity index (χ1) is 5.27. The second-order valence-corrected chi connectivity index (χ2v) is 3.19. The molecule has 1 heterocycles. The molecule has 2 nitrogen and oxygen atoms in total. The van der Waals surface area contributed by atoms with E-state index in [9.17, 15) is 5.11 Å². The number of halogens is 1. The monoisotopic (exact) mass is 169 g/mol. The van der Waals surface area contributed by atoms with Gasteiger partial charge in [0.2, 0.25) is 0 Å². The van der Waals surface area contributed by atoms with Gasteiger partial charge in [0, 0.05) is 6.20 Å².